The number of nitrogens with zero attached hydrogens (tertiary/aromatic N) is 1. The molecule has 4 heteroatoms. The Morgan fingerprint density at radius 1 is 1.47 bits per heavy atom. The molecule has 1 heterocycles. The van der Waals surface area contributed by atoms with Crippen LogP contribution in [0.25, 0.3) is 0 Å². The second-order valence-corrected chi connectivity index (χ2v) is 5.81. The van der Waals surface area contributed by atoms with E-state index in [0.29, 0.717) is 10.9 Å². The Balaban J connectivity index is 2.29. The molecule has 0 aromatic heterocycles. The van der Waals surface area contributed by atoms with Gasteiger partial charge in [0.25, 0.3) is 0 Å². The summed E-state index contributed by atoms with van der Waals surface area (Å²) < 4.78 is 5.57. The summed E-state index contributed by atoms with van der Waals surface area (Å²) >= 11 is 5.18. The molecule has 1 saturated heterocycles. The molecule has 1 aromatic rings. The van der Waals surface area contributed by atoms with Gasteiger partial charge in [0, 0.05) is 31.5 Å². The van der Waals surface area contributed by atoms with Gasteiger partial charge in [0.15, 0.2) is 0 Å². The van der Waals surface area contributed by atoms with Crippen LogP contribution in [0.2, 0.25) is 0 Å². The first kappa shape index (κ1) is 14.3. The van der Waals surface area contributed by atoms with Gasteiger partial charge in [-0.25, -0.2) is 0 Å². The maximum absolute atomic E-state index is 5.86. The number of nitrogens with two attached hydrogens (primary N) is 1. The lowest BCUT2D eigenvalue weighted by Crippen LogP contribution is -2.44. The minimum Gasteiger partial charge on any atom is -0.389 e. The standard InChI is InChI=1S/C15H22N2OS/c1-10-4-5-13(12(8-10)15(16)19)17-7-6-11(2)14(9-17)18-3/h4-5,8,11,14H,6-7,9H2,1-3H3,(H2,16,19). The van der Waals surface area contributed by atoms with Crippen molar-refractivity contribution < 1.29 is 4.74 Å². The molecule has 0 radical (unpaired) electrons. The van der Waals surface area contributed by atoms with Crippen molar-refractivity contribution in [3.63, 3.8) is 0 Å². The number of rotatable bonds is 3. The van der Waals surface area contributed by atoms with Gasteiger partial charge in [0.2, 0.25) is 0 Å². The average Bonchev–Trinajstić information content (AvgIpc) is 2.39. The van der Waals surface area contributed by atoms with Crippen LogP contribution in [0.5, 0.6) is 0 Å². The normalized spacial score (nSPS) is 23.4. The van der Waals surface area contributed by atoms with Crippen LogP contribution in [-0.4, -0.2) is 31.3 Å². The van der Waals surface area contributed by atoms with Crippen LogP contribution in [-0.2, 0) is 4.74 Å². The zero-order valence-electron chi connectivity index (χ0n) is 11.8. The number of ether oxygens (including phenoxy) is 1. The summed E-state index contributed by atoms with van der Waals surface area (Å²) in [7, 11) is 1.79. The van der Waals surface area contributed by atoms with Crippen molar-refractivity contribution in [3.8, 4) is 0 Å². The van der Waals surface area contributed by atoms with E-state index in [1.54, 1.807) is 7.11 Å². The molecular weight excluding hydrogens is 256 g/mol. The molecule has 2 unspecified atom stereocenters. The third kappa shape index (κ3) is 3.07. The topological polar surface area (TPSA) is 38.5 Å². The van der Waals surface area contributed by atoms with Gasteiger partial charge in [0.1, 0.15) is 4.99 Å². The fourth-order valence-electron chi connectivity index (χ4n) is 2.68. The first-order valence-electron chi connectivity index (χ1n) is 6.71. The van der Waals surface area contributed by atoms with E-state index < -0.39 is 0 Å². The Bertz CT molecular complexity index is 475. The number of anilines is 1. The lowest BCUT2D eigenvalue weighted by atomic mass is 9.94. The molecule has 104 valence electrons. The largest absolute Gasteiger partial charge is 0.389 e. The second kappa shape index (κ2) is 5.88. The number of hydrogen-bond acceptors (Lipinski definition) is 3. The summed E-state index contributed by atoms with van der Waals surface area (Å²) in [6.07, 6.45) is 1.40. The molecule has 3 nitrogen and oxygen atoms in total. The highest BCUT2D eigenvalue weighted by Gasteiger charge is 2.27. The molecule has 1 fully saturated rings. The second-order valence-electron chi connectivity index (χ2n) is 5.37. The maximum atomic E-state index is 5.86. The van der Waals surface area contributed by atoms with Crippen LogP contribution >= 0.6 is 12.2 Å². The molecular formula is C15H22N2OS. The Hall–Kier alpha value is -1.13. The number of hydrogen-bond donors (Lipinski definition) is 1. The molecule has 1 aliphatic heterocycles. The summed E-state index contributed by atoms with van der Waals surface area (Å²) in [4.78, 5) is 2.80. The summed E-state index contributed by atoms with van der Waals surface area (Å²) in [6.45, 7) is 6.23. The highest BCUT2D eigenvalue weighted by atomic mass is 32.1. The third-order valence-corrected chi connectivity index (χ3v) is 4.17. The fraction of sp³-hybridized carbons (Fsp3) is 0.533. The molecule has 0 aliphatic carbocycles. The van der Waals surface area contributed by atoms with Gasteiger partial charge in [0.05, 0.1) is 6.10 Å². The van der Waals surface area contributed by atoms with Crippen molar-refractivity contribution in [1.29, 1.82) is 0 Å². The quantitative estimate of drug-likeness (QED) is 0.862. The van der Waals surface area contributed by atoms with Crippen molar-refractivity contribution in [1.82, 2.24) is 0 Å². The van der Waals surface area contributed by atoms with E-state index in [4.69, 9.17) is 22.7 Å². The molecule has 2 atom stereocenters. The number of aryl methyl sites for hydroxylation is 1. The first-order valence-corrected chi connectivity index (χ1v) is 7.12. The molecule has 0 amide bonds. The molecule has 0 spiro atoms. The average molecular weight is 278 g/mol. The molecule has 19 heavy (non-hydrogen) atoms. The minimum absolute atomic E-state index is 0.272. The van der Waals surface area contributed by atoms with Crippen LogP contribution in [0.3, 0.4) is 0 Å². The van der Waals surface area contributed by atoms with Gasteiger partial charge in [-0.15, -0.1) is 0 Å². The highest BCUT2D eigenvalue weighted by molar-refractivity contribution is 7.80. The van der Waals surface area contributed by atoms with Gasteiger partial charge in [-0.05, 0) is 31.4 Å². The number of benzene rings is 1. The fourth-order valence-corrected chi connectivity index (χ4v) is 2.85. The van der Waals surface area contributed by atoms with Gasteiger partial charge >= 0.3 is 0 Å². The van der Waals surface area contributed by atoms with E-state index in [-0.39, 0.29) is 6.10 Å². The third-order valence-electron chi connectivity index (χ3n) is 3.95. The maximum Gasteiger partial charge on any atom is 0.106 e. The summed E-state index contributed by atoms with van der Waals surface area (Å²) in [5.74, 6) is 0.597. The van der Waals surface area contributed by atoms with Crippen LogP contribution in [0.15, 0.2) is 18.2 Å². The van der Waals surface area contributed by atoms with Crippen LogP contribution < -0.4 is 10.6 Å². The number of methoxy groups -OCH3 is 1. The lowest BCUT2D eigenvalue weighted by Gasteiger charge is -2.38. The van der Waals surface area contributed by atoms with E-state index in [2.05, 4.69) is 36.9 Å². The smallest absolute Gasteiger partial charge is 0.106 e. The van der Waals surface area contributed by atoms with Gasteiger partial charge in [-0.3, -0.25) is 0 Å². The Labute approximate surface area is 120 Å². The predicted octanol–water partition coefficient (Wildman–Crippen LogP) is 2.49. The number of piperidine rings is 1. The van der Waals surface area contributed by atoms with E-state index in [0.717, 1.165) is 30.8 Å². The lowest BCUT2D eigenvalue weighted by molar-refractivity contribution is 0.0498. The molecule has 0 bridgehead atoms. The van der Waals surface area contributed by atoms with Gasteiger partial charge < -0.3 is 15.4 Å². The zero-order chi connectivity index (χ0) is 14.0. The summed E-state index contributed by atoms with van der Waals surface area (Å²) in [5, 5.41) is 0. The Morgan fingerprint density at radius 2 is 2.21 bits per heavy atom. The van der Waals surface area contributed by atoms with Crippen molar-refractivity contribution in [2.75, 3.05) is 25.1 Å². The highest BCUT2D eigenvalue weighted by Crippen LogP contribution is 2.28. The van der Waals surface area contributed by atoms with E-state index >= 15 is 0 Å². The Morgan fingerprint density at radius 3 is 2.84 bits per heavy atom. The van der Waals surface area contributed by atoms with E-state index in [1.807, 2.05) is 0 Å². The molecule has 0 saturated carbocycles. The van der Waals surface area contributed by atoms with Gasteiger partial charge in [-0.1, -0.05) is 30.8 Å². The SMILES string of the molecule is COC1CN(c2ccc(C)cc2C(N)=S)CCC1C. The van der Waals surface area contributed by atoms with Crippen molar-refractivity contribution >= 4 is 22.9 Å². The van der Waals surface area contributed by atoms with Crippen LogP contribution in [0.4, 0.5) is 5.69 Å². The van der Waals surface area contributed by atoms with Crippen LogP contribution in [0.1, 0.15) is 24.5 Å². The number of thiocarbonyl (C=S) groups is 1. The van der Waals surface area contributed by atoms with E-state index in [1.165, 1.54) is 5.56 Å². The molecule has 1 aromatic carbocycles. The van der Waals surface area contributed by atoms with Crippen molar-refractivity contribution in [2.45, 2.75) is 26.4 Å². The molecule has 2 N–H and O–H groups in total. The monoisotopic (exact) mass is 278 g/mol. The van der Waals surface area contributed by atoms with Crippen molar-refractivity contribution in [3.05, 3.63) is 29.3 Å². The molecule has 2 rings (SSSR count). The van der Waals surface area contributed by atoms with E-state index in [9.17, 15) is 0 Å². The van der Waals surface area contributed by atoms with Crippen molar-refractivity contribution in [2.24, 2.45) is 11.7 Å². The van der Waals surface area contributed by atoms with Gasteiger partial charge in [-0.2, -0.15) is 0 Å². The first-order chi connectivity index (χ1) is 9.02. The summed E-state index contributed by atoms with van der Waals surface area (Å²) in [5.41, 5.74) is 9.14. The predicted molar refractivity (Wildman–Crippen MR) is 83.9 cm³/mol. The van der Waals surface area contributed by atoms with Crippen LogP contribution in [0, 0.1) is 12.8 Å². The zero-order valence-corrected chi connectivity index (χ0v) is 12.7. The Kier molecular flexibility index (Phi) is 4.42. The molecule has 1 aliphatic rings. The summed E-state index contributed by atoms with van der Waals surface area (Å²) in [6, 6.07) is 6.29. The minimum atomic E-state index is 0.272.